The molecule has 2 aliphatic rings. The number of piperazine rings is 1. The Hall–Kier alpha value is -1.88. The summed E-state index contributed by atoms with van der Waals surface area (Å²) in [4.78, 5) is 29.2. The van der Waals surface area contributed by atoms with Crippen LogP contribution >= 0.6 is 0 Å². The van der Waals surface area contributed by atoms with Gasteiger partial charge in [0.25, 0.3) is 5.91 Å². The molecule has 2 amide bonds. The molecule has 3 rings (SSSR count). The number of nitrogens with one attached hydrogen (secondary N) is 1. The molecule has 1 aromatic carbocycles. The van der Waals surface area contributed by atoms with Gasteiger partial charge in [-0.15, -0.1) is 0 Å². The highest BCUT2D eigenvalue weighted by molar-refractivity contribution is 5.94. The van der Waals surface area contributed by atoms with Crippen LogP contribution < -0.4 is 5.32 Å². The number of nitrogens with zero attached hydrogens (tertiary/aromatic N) is 2. The van der Waals surface area contributed by atoms with E-state index in [4.69, 9.17) is 0 Å². The molecule has 0 bridgehead atoms. The summed E-state index contributed by atoms with van der Waals surface area (Å²) in [6, 6.07) is 8.28. The third kappa shape index (κ3) is 4.21. The molecule has 0 radical (unpaired) electrons. The molecule has 0 aromatic heterocycles. The normalized spacial score (nSPS) is 24.2. The van der Waals surface area contributed by atoms with Gasteiger partial charge in [-0.2, -0.15) is 0 Å². The number of hydrogen-bond donors (Lipinski definition) is 1. The van der Waals surface area contributed by atoms with Crippen LogP contribution in [0.2, 0.25) is 0 Å². The van der Waals surface area contributed by atoms with Gasteiger partial charge in [0.15, 0.2) is 0 Å². The molecule has 5 heteroatoms. The molecule has 5 nitrogen and oxygen atoms in total. The molecule has 0 saturated carbocycles. The lowest BCUT2D eigenvalue weighted by Crippen LogP contribution is -2.53. The average molecular weight is 343 g/mol. The number of carbonyl (C=O) groups excluding carboxylic acids is 2. The Morgan fingerprint density at radius 2 is 1.72 bits per heavy atom. The SMILES string of the molecule is CCc1ccc(C(=O)N2CCN(C(=O)[C@H]3CCN[C@@H](C)C3)CC2)cc1. The van der Waals surface area contributed by atoms with Gasteiger partial charge in [-0.1, -0.05) is 19.1 Å². The highest BCUT2D eigenvalue weighted by atomic mass is 16.2. The molecule has 1 aromatic rings. The van der Waals surface area contributed by atoms with Crippen LogP contribution in [0.1, 0.15) is 42.6 Å². The Labute approximate surface area is 150 Å². The number of carbonyl (C=O) groups is 2. The molecule has 2 heterocycles. The predicted octanol–water partition coefficient (Wildman–Crippen LogP) is 1.92. The van der Waals surface area contributed by atoms with Crippen molar-refractivity contribution in [3.63, 3.8) is 0 Å². The van der Waals surface area contributed by atoms with E-state index in [0.717, 1.165) is 31.4 Å². The minimum absolute atomic E-state index is 0.0743. The molecule has 0 spiro atoms. The molecule has 25 heavy (non-hydrogen) atoms. The van der Waals surface area contributed by atoms with Gasteiger partial charge in [0, 0.05) is 43.7 Å². The summed E-state index contributed by atoms with van der Waals surface area (Å²) in [5.74, 6) is 0.484. The van der Waals surface area contributed by atoms with Crippen molar-refractivity contribution >= 4 is 11.8 Å². The molecule has 0 aliphatic carbocycles. The summed E-state index contributed by atoms with van der Waals surface area (Å²) in [7, 11) is 0. The van der Waals surface area contributed by atoms with Crippen LogP contribution in [-0.2, 0) is 11.2 Å². The highest BCUT2D eigenvalue weighted by Gasteiger charge is 2.31. The predicted molar refractivity (Wildman–Crippen MR) is 98.5 cm³/mol. The maximum atomic E-state index is 12.7. The fourth-order valence-electron chi connectivity index (χ4n) is 3.81. The first-order chi connectivity index (χ1) is 12.1. The summed E-state index contributed by atoms with van der Waals surface area (Å²) >= 11 is 0. The second kappa shape index (κ2) is 8.00. The number of hydrogen-bond acceptors (Lipinski definition) is 3. The molecule has 2 atom stereocenters. The van der Waals surface area contributed by atoms with Gasteiger partial charge in [-0.05, 0) is 50.4 Å². The van der Waals surface area contributed by atoms with E-state index in [1.54, 1.807) is 0 Å². The van der Waals surface area contributed by atoms with E-state index in [9.17, 15) is 9.59 Å². The Kier molecular flexibility index (Phi) is 5.74. The van der Waals surface area contributed by atoms with E-state index < -0.39 is 0 Å². The molecule has 1 N–H and O–H groups in total. The Balaban J connectivity index is 1.54. The first-order valence-electron chi connectivity index (χ1n) is 9.49. The van der Waals surface area contributed by atoms with E-state index in [1.165, 1.54) is 5.56 Å². The summed E-state index contributed by atoms with van der Waals surface area (Å²) in [5.41, 5.74) is 1.98. The lowest BCUT2D eigenvalue weighted by molar-refractivity contribution is -0.138. The lowest BCUT2D eigenvalue weighted by atomic mass is 9.92. The number of rotatable bonds is 3. The quantitative estimate of drug-likeness (QED) is 0.912. The topological polar surface area (TPSA) is 52.7 Å². The van der Waals surface area contributed by atoms with Crippen LogP contribution in [0.4, 0.5) is 0 Å². The average Bonchev–Trinajstić information content (AvgIpc) is 2.67. The summed E-state index contributed by atoms with van der Waals surface area (Å²) in [6.45, 7) is 7.72. The minimum atomic E-state index is 0.0743. The second-order valence-corrected chi connectivity index (χ2v) is 7.24. The first-order valence-corrected chi connectivity index (χ1v) is 9.49. The Morgan fingerprint density at radius 1 is 1.08 bits per heavy atom. The number of piperidine rings is 1. The molecular formula is C20H29N3O2. The van der Waals surface area contributed by atoms with Crippen molar-refractivity contribution in [3.8, 4) is 0 Å². The van der Waals surface area contributed by atoms with E-state index in [-0.39, 0.29) is 17.7 Å². The zero-order valence-corrected chi connectivity index (χ0v) is 15.3. The zero-order chi connectivity index (χ0) is 17.8. The third-order valence-corrected chi connectivity index (χ3v) is 5.46. The third-order valence-electron chi connectivity index (χ3n) is 5.46. The second-order valence-electron chi connectivity index (χ2n) is 7.24. The molecular weight excluding hydrogens is 314 g/mol. The van der Waals surface area contributed by atoms with Crippen molar-refractivity contribution < 1.29 is 9.59 Å². The van der Waals surface area contributed by atoms with Crippen LogP contribution in [0.15, 0.2) is 24.3 Å². The van der Waals surface area contributed by atoms with Crippen molar-refractivity contribution in [2.75, 3.05) is 32.7 Å². The zero-order valence-electron chi connectivity index (χ0n) is 15.3. The standard InChI is InChI=1S/C20H29N3O2/c1-3-16-4-6-17(7-5-16)19(24)22-10-12-23(13-11-22)20(25)18-8-9-21-15(2)14-18/h4-7,15,18,21H,3,8-14H2,1-2H3/t15-,18-/m0/s1. The van der Waals surface area contributed by atoms with Gasteiger partial charge in [-0.25, -0.2) is 0 Å². The lowest BCUT2D eigenvalue weighted by Gasteiger charge is -2.38. The Morgan fingerprint density at radius 3 is 2.32 bits per heavy atom. The smallest absolute Gasteiger partial charge is 0.253 e. The van der Waals surface area contributed by atoms with Crippen LogP contribution in [0.3, 0.4) is 0 Å². The van der Waals surface area contributed by atoms with Gasteiger partial charge in [0.2, 0.25) is 5.91 Å². The first kappa shape index (κ1) is 17.9. The summed E-state index contributed by atoms with van der Waals surface area (Å²) < 4.78 is 0. The van der Waals surface area contributed by atoms with Crippen LogP contribution in [0.25, 0.3) is 0 Å². The fraction of sp³-hybridized carbons (Fsp3) is 0.600. The molecule has 2 aliphatic heterocycles. The van der Waals surface area contributed by atoms with Crippen molar-refractivity contribution in [2.45, 2.75) is 39.2 Å². The van der Waals surface area contributed by atoms with E-state index in [1.807, 2.05) is 34.1 Å². The number of aryl methyl sites for hydroxylation is 1. The van der Waals surface area contributed by atoms with Crippen molar-refractivity contribution in [1.29, 1.82) is 0 Å². The molecule has 2 fully saturated rings. The maximum absolute atomic E-state index is 12.7. The monoisotopic (exact) mass is 343 g/mol. The van der Waals surface area contributed by atoms with Gasteiger partial charge in [0.1, 0.15) is 0 Å². The van der Waals surface area contributed by atoms with E-state index in [0.29, 0.717) is 32.2 Å². The van der Waals surface area contributed by atoms with Crippen LogP contribution in [0.5, 0.6) is 0 Å². The number of benzene rings is 1. The van der Waals surface area contributed by atoms with Crippen molar-refractivity contribution in [3.05, 3.63) is 35.4 Å². The molecule has 2 saturated heterocycles. The molecule has 0 unspecified atom stereocenters. The minimum Gasteiger partial charge on any atom is -0.339 e. The van der Waals surface area contributed by atoms with E-state index in [2.05, 4.69) is 19.2 Å². The van der Waals surface area contributed by atoms with Gasteiger partial charge in [-0.3, -0.25) is 9.59 Å². The van der Waals surface area contributed by atoms with Gasteiger partial charge < -0.3 is 15.1 Å². The van der Waals surface area contributed by atoms with Crippen LogP contribution in [-0.4, -0.2) is 60.4 Å². The highest BCUT2D eigenvalue weighted by Crippen LogP contribution is 2.20. The fourth-order valence-corrected chi connectivity index (χ4v) is 3.81. The maximum Gasteiger partial charge on any atom is 0.253 e. The van der Waals surface area contributed by atoms with E-state index >= 15 is 0 Å². The van der Waals surface area contributed by atoms with Crippen LogP contribution in [0, 0.1) is 5.92 Å². The van der Waals surface area contributed by atoms with Crippen molar-refractivity contribution in [2.24, 2.45) is 5.92 Å². The van der Waals surface area contributed by atoms with Gasteiger partial charge >= 0.3 is 0 Å². The summed E-state index contributed by atoms with van der Waals surface area (Å²) in [6.07, 6.45) is 2.82. The number of amides is 2. The van der Waals surface area contributed by atoms with Gasteiger partial charge in [0.05, 0.1) is 0 Å². The largest absolute Gasteiger partial charge is 0.339 e. The molecule has 136 valence electrons. The van der Waals surface area contributed by atoms with Crippen molar-refractivity contribution in [1.82, 2.24) is 15.1 Å². The Bertz CT molecular complexity index is 606. The summed E-state index contributed by atoms with van der Waals surface area (Å²) in [5, 5.41) is 3.39.